The number of phenols is 2. The van der Waals surface area contributed by atoms with Crippen molar-refractivity contribution in [1.29, 1.82) is 0 Å². The first kappa shape index (κ1) is 22.1. The highest BCUT2D eigenvalue weighted by Gasteiger charge is 2.21. The van der Waals surface area contributed by atoms with Crippen molar-refractivity contribution in [2.24, 2.45) is 5.16 Å². The number of fused-ring (bicyclic) bond motifs is 1. The van der Waals surface area contributed by atoms with Crippen molar-refractivity contribution in [3.63, 3.8) is 0 Å². The van der Waals surface area contributed by atoms with Crippen LogP contribution in [0.5, 0.6) is 11.5 Å². The van der Waals surface area contributed by atoms with Gasteiger partial charge in [-0.3, -0.25) is 4.79 Å². The van der Waals surface area contributed by atoms with Crippen LogP contribution in [0.2, 0.25) is 0 Å². The molecule has 2 aliphatic rings. The van der Waals surface area contributed by atoms with E-state index in [0.29, 0.717) is 30.8 Å². The van der Waals surface area contributed by atoms with Gasteiger partial charge in [0, 0.05) is 25.6 Å². The third-order valence-electron chi connectivity index (χ3n) is 4.80. The number of cyclic esters (lactones) is 1. The summed E-state index contributed by atoms with van der Waals surface area (Å²) in [6.07, 6.45) is 13.7. The molecule has 31 heavy (non-hydrogen) atoms. The summed E-state index contributed by atoms with van der Waals surface area (Å²) in [7, 11) is 0. The lowest BCUT2D eigenvalue weighted by atomic mass is 10.00. The van der Waals surface area contributed by atoms with Crippen molar-refractivity contribution in [2.75, 3.05) is 26.3 Å². The molecule has 0 unspecified atom stereocenters. The van der Waals surface area contributed by atoms with Crippen molar-refractivity contribution >= 4 is 17.6 Å². The normalized spacial score (nSPS) is 20.6. The summed E-state index contributed by atoms with van der Waals surface area (Å²) in [5.74, 6) is -1.42. The lowest BCUT2D eigenvalue weighted by molar-refractivity contribution is -0.134. The van der Waals surface area contributed by atoms with Crippen LogP contribution >= 0.6 is 0 Å². The molecule has 0 atom stereocenters. The molecule has 0 fully saturated rings. The molecule has 0 aliphatic carbocycles. The van der Waals surface area contributed by atoms with Crippen molar-refractivity contribution in [3.8, 4) is 11.5 Å². The van der Waals surface area contributed by atoms with Gasteiger partial charge in [-0.2, -0.15) is 0 Å². The Morgan fingerprint density at radius 1 is 1.06 bits per heavy atom. The van der Waals surface area contributed by atoms with Crippen molar-refractivity contribution < 1.29 is 29.4 Å². The molecule has 8 nitrogen and oxygen atoms in total. The van der Waals surface area contributed by atoms with Gasteiger partial charge in [0.05, 0.1) is 12.3 Å². The number of phenolic OH excluding ortho intramolecular Hbond substituents is 2. The Kier molecular flexibility index (Phi) is 7.86. The topological polar surface area (TPSA) is 109 Å². The van der Waals surface area contributed by atoms with E-state index in [4.69, 9.17) is 9.57 Å². The Hall–Kier alpha value is -3.55. The second-order valence-corrected chi connectivity index (χ2v) is 7.18. The highest BCUT2D eigenvalue weighted by atomic mass is 16.6. The molecule has 2 heterocycles. The molecule has 0 saturated heterocycles. The highest BCUT2D eigenvalue weighted by Crippen LogP contribution is 2.29. The summed E-state index contributed by atoms with van der Waals surface area (Å²) in [4.78, 5) is 31.6. The number of oxime groups is 1. The average molecular weight is 426 g/mol. The quantitative estimate of drug-likeness (QED) is 0.437. The Labute approximate surface area is 180 Å². The van der Waals surface area contributed by atoms with E-state index in [1.807, 2.05) is 30.4 Å². The van der Waals surface area contributed by atoms with E-state index in [1.54, 1.807) is 11.0 Å². The zero-order chi connectivity index (χ0) is 22.1. The second-order valence-electron chi connectivity index (χ2n) is 7.18. The summed E-state index contributed by atoms with van der Waals surface area (Å²) in [6, 6.07) is 2.47. The zero-order valence-corrected chi connectivity index (χ0v) is 17.2. The van der Waals surface area contributed by atoms with Crippen LogP contribution in [0.25, 0.3) is 0 Å². The summed E-state index contributed by atoms with van der Waals surface area (Å²) < 4.78 is 5.26. The number of amides is 1. The Morgan fingerprint density at radius 2 is 1.81 bits per heavy atom. The van der Waals surface area contributed by atoms with Crippen LogP contribution in [0.1, 0.15) is 35.2 Å². The molecule has 2 N–H and O–H groups in total. The van der Waals surface area contributed by atoms with E-state index in [2.05, 4.69) is 5.16 Å². The number of ether oxygens (including phenoxy) is 1. The van der Waals surface area contributed by atoms with E-state index < -0.39 is 5.97 Å². The molecule has 3 rings (SSSR count). The average Bonchev–Trinajstić information content (AvgIpc) is 3.26. The summed E-state index contributed by atoms with van der Waals surface area (Å²) in [5.41, 5.74) is 0.753. The number of esters is 1. The molecule has 164 valence electrons. The minimum Gasteiger partial charge on any atom is -0.508 e. The first-order valence-corrected chi connectivity index (χ1v) is 10.2. The minimum absolute atomic E-state index is 0.0286. The fourth-order valence-corrected chi connectivity index (χ4v) is 3.24. The van der Waals surface area contributed by atoms with Gasteiger partial charge in [-0.25, -0.2) is 4.79 Å². The van der Waals surface area contributed by atoms with Gasteiger partial charge in [-0.15, -0.1) is 0 Å². The molecule has 1 aromatic carbocycles. The van der Waals surface area contributed by atoms with Gasteiger partial charge in [-0.1, -0.05) is 35.5 Å². The van der Waals surface area contributed by atoms with Crippen molar-refractivity contribution in [1.82, 2.24) is 4.90 Å². The maximum absolute atomic E-state index is 12.5. The van der Waals surface area contributed by atoms with E-state index in [0.717, 1.165) is 18.9 Å². The highest BCUT2D eigenvalue weighted by molar-refractivity contribution is 6.00. The van der Waals surface area contributed by atoms with Crippen LogP contribution < -0.4 is 0 Å². The maximum Gasteiger partial charge on any atom is 0.342 e. The first-order chi connectivity index (χ1) is 15.0. The van der Waals surface area contributed by atoms with Crippen LogP contribution in [0.15, 0.2) is 53.7 Å². The fraction of sp³-hybridized carbons (Fsp3) is 0.348. The number of hydrogen-bond acceptors (Lipinski definition) is 7. The van der Waals surface area contributed by atoms with Gasteiger partial charge in [0.25, 0.3) is 5.91 Å². The molecule has 2 aliphatic heterocycles. The number of benzene rings is 1. The summed E-state index contributed by atoms with van der Waals surface area (Å²) >= 11 is 0. The Balaban J connectivity index is 1.82. The SMILES string of the molecule is O=C1OCC/C=C/CC/C=C/C(=N\OCC(=O)N2CC=CC2)Cc2cc(O)cc(O)c21. The number of aromatic hydroxyl groups is 2. The number of hydrogen-bond donors (Lipinski definition) is 2. The number of allylic oxidation sites excluding steroid dienone is 3. The van der Waals surface area contributed by atoms with E-state index in [-0.39, 0.29) is 42.6 Å². The van der Waals surface area contributed by atoms with Crippen LogP contribution in [0.4, 0.5) is 0 Å². The lowest BCUT2D eigenvalue weighted by Gasteiger charge is -2.14. The molecule has 8 heteroatoms. The van der Waals surface area contributed by atoms with Crippen LogP contribution in [-0.2, 0) is 20.8 Å². The minimum atomic E-state index is -0.682. The Bertz CT molecular complexity index is 924. The van der Waals surface area contributed by atoms with E-state index in [1.165, 1.54) is 6.07 Å². The van der Waals surface area contributed by atoms with E-state index in [9.17, 15) is 19.8 Å². The third kappa shape index (κ3) is 6.47. The Morgan fingerprint density at radius 3 is 2.61 bits per heavy atom. The van der Waals surface area contributed by atoms with Crippen molar-refractivity contribution in [2.45, 2.75) is 25.7 Å². The van der Waals surface area contributed by atoms with Gasteiger partial charge >= 0.3 is 5.97 Å². The number of rotatable bonds is 3. The predicted octanol–water partition coefficient (Wildman–Crippen LogP) is 2.86. The number of carbonyl (C=O) groups excluding carboxylic acids is 2. The molecule has 0 bridgehead atoms. The van der Waals surface area contributed by atoms with Crippen LogP contribution in [-0.4, -0.2) is 59.0 Å². The number of nitrogens with zero attached hydrogens (tertiary/aromatic N) is 2. The standard InChI is InChI=1S/C23H26N2O6/c26-19-14-17-13-18(24-31-16-21(28)25-10-6-7-11-25)9-5-3-1-2-4-8-12-30-23(29)22(17)20(27)15-19/h2,4-7,9,14-15,26-27H,1,3,8,10-13,16H2/b4-2+,9-5+,24-18+. The van der Waals surface area contributed by atoms with Crippen LogP contribution in [0, 0.1) is 0 Å². The number of carbonyl (C=O) groups is 2. The second kappa shape index (κ2) is 11.0. The smallest absolute Gasteiger partial charge is 0.342 e. The van der Waals surface area contributed by atoms with Gasteiger partial charge in [0.15, 0.2) is 6.61 Å². The summed E-state index contributed by atoms with van der Waals surface area (Å²) in [6.45, 7) is 1.09. The first-order valence-electron chi connectivity index (χ1n) is 10.2. The lowest BCUT2D eigenvalue weighted by Crippen LogP contribution is -2.31. The molecule has 0 spiro atoms. The third-order valence-corrected chi connectivity index (χ3v) is 4.80. The van der Waals surface area contributed by atoms with Gasteiger partial charge in [0.2, 0.25) is 0 Å². The van der Waals surface area contributed by atoms with E-state index >= 15 is 0 Å². The van der Waals surface area contributed by atoms with Gasteiger partial charge < -0.3 is 24.7 Å². The molecular weight excluding hydrogens is 400 g/mol. The largest absolute Gasteiger partial charge is 0.508 e. The molecule has 1 aromatic rings. The molecule has 0 radical (unpaired) electrons. The fourth-order valence-electron chi connectivity index (χ4n) is 3.24. The van der Waals surface area contributed by atoms with Gasteiger partial charge in [-0.05, 0) is 37.0 Å². The van der Waals surface area contributed by atoms with Crippen molar-refractivity contribution in [3.05, 3.63) is 59.7 Å². The molecule has 1 amide bonds. The maximum atomic E-state index is 12.5. The van der Waals surface area contributed by atoms with Crippen LogP contribution in [0.3, 0.4) is 0 Å². The molecule has 0 saturated carbocycles. The summed E-state index contributed by atoms with van der Waals surface area (Å²) in [5, 5.41) is 24.2. The monoisotopic (exact) mass is 426 g/mol. The predicted molar refractivity (Wildman–Crippen MR) is 115 cm³/mol. The zero-order valence-electron chi connectivity index (χ0n) is 17.2. The molecule has 0 aromatic heterocycles. The van der Waals surface area contributed by atoms with Gasteiger partial charge in [0.1, 0.15) is 17.1 Å². The molecular formula is C23H26N2O6.